The fraction of sp³-hybridized carbons (Fsp3) is 0.0833. The normalized spacial score (nSPS) is 11.2. The molecule has 1 aromatic heterocycles. The molecule has 0 atom stereocenters. The number of aromatic nitrogens is 1. The van der Waals surface area contributed by atoms with E-state index in [1.54, 1.807) is 19.2 Å². The third-order valence-corrected chi connectivity index (χ3v) is 4.28. The van der Waals surface area contributed by atoms with Crippen LogP contribution in [0.2, 0.25) is 0 Å². The first-order chi connectivity index (χ1) is 9.44. The molecule has 0 saturated heterocycles. The van der Waals surface area contributed by atoms with Crippen molar-refractivity contribution in [1.29, 1.82) is 0 Å². The van der Waals surface area contributed by atoms with Crippen molar-refractivity contribution in [2.45, 2.75) is 5.03 Å². The predicted octanol–water partition coefficient (Wildman–Crippen LogP) is 2.83. The maximum absolute atomic E-state index is 13.6. The van der Waals surface area contributed by atoms with Gasteiger partial charge in [0.2, 0.25) is 0 Å². The van der Waals surface area contributed by atoms with Crippen LogP contribution in [0.4, 0.5) is 15.8 Å². The van der Waals surface area contributed by atoms with Crippen LogP contribution in [-0.4, -0.2) is 20.4 Å². The van der Waals surface area contributed by atoms with Crippen LogP contribution >= 0.6 is 15.9 Å². The second-order valence-electron chi connectivity index (χ2n) is 3.84. The van der Waals surface area contributed by atoms with Gasteiger partial charge >= 0.3 is 0 Å². The van der Waals surface area contributed by atoms with Crippen LogP contribution in [0.5, 0.6) is 0 Å². The Kier molecular flexibility index (Phi) is 4.24. The van der Waals surface area contributed by atoms with Gasteiger partial charge in [0.15, 0.2) is 5.03 Å². The fourth-order valence-electron chi connectivity index (χ4n) is 1.56. The molecule has 1 heterocycles. The quantitative estimate of drug-likeness (QED) is 0.880. The van der Waals surface area contributed by atoms with E-state index in [9.17, 15) is 12.8 Å². The number of halogens is 2. The van der Waals surface area contributed by atoms with Crippen molar-refractivity contribution in [2.24, 2.45) is 0 Å². The van der Waals surface area contributed by atoms with E-state index in [4.69, 9.17) is 0 Å². The van der Waals surface area contributed by atoms with E-state index in [1.807, 2.05) is 0 Å². The second-order valence-corrected chi connectivity index (χ2v) is 6.35. The zero-order valence-corrected chi connectivity index (χ0v) is 12.8. The number of anilines is 2. The predicted molar refractivity (Wildman–Crippen MR) is 78.7 cm³/mol. The number of hydrogen-bond acceptors (Lipinski definition) is 4. The summed E-state index contributed by atoms with van der Waals surface area (Å²) < 4.78 is 40.9. The average Bonchev–Trinajstić information content (AvgIpc) is 2.42. The summed E-state index contributed by atoms with van der Waals surface area (Å²) in [6.45, 7) is 0. The minimum absolute atomic E-state index is 0.146. The number of nitrogens with one attached hydrogen (secondary N) is 2. The lowest BCUT2D eigenvalue weighted by atomic mass is 10.3. The zero-order chi connectivity index (χ0) is 14.8. The van der Waals surface area contributed by atoms with Crippen molar-refractivity contribution in [3.8, 4) is 0 Å². The number of sulfonamides is 1. The lowest BCUT2D eigenvalue weighted by molar-refractivity contribution is 0.595. The van der Waals surface area contributed by atoms with Crippen molar-refractivity contribution in [3.63, 3.8) is 0 Å². The highest BCUT2D eigenvalue weighted by Crippen LogP contribution is 2.25. The smallest absolute Gasteiger partial charge is 0.281 e. The standard InChI is InChI=1S/C12H11BrFN3O2S/c1-15-10-3-2-6-16-12(10)20(18,19)17-11-7-8(13)4-5-9(11)14/h2-7,15,17H,1H3. The molecule has 5 nitrogen and oxygen atoms in total. The highest BCUT2D eigenvalue weighted by Gasteiger charge is 2.21. The van der Waals surface area contributed by atoms with Crippen LogP contribution in [0.1, 0.15) is 0 Å². The zero-order valence-electron chi connectivity index (χ0n) is 10.4. The van der Waals surface area contributed by atoms with Gasteiger partial charge < -0.3 is 5.32 Å². The molecule has 1 aromatic carbocycles. The van der Waals surface area contributed by atoms with Crippen molar-refractivity contribution >= 4 is 37.3 Å². The molecule has 2 aromatic rings. The summed E-state index contributed by atoms with van der Waals surface area (Å²) in [6.07, 6.45) is 1.35. The number of hydrogen-bond donors (Lipinski definition) is 2. The largest absolute Gasteiger partial charge is 0.386 e. The molecule has 106 valence electrons. The summed E-state index contributed by atoms with van der Waals surface area (Å²) in [6, 6.07) is 7.16. The molecule has 2 N–H and O–H groups in total. The molecule has 0 aliphatic rings. The van der Waals surface area contributed by atoms with E-state index >= 15 is 0 Å². The molecule has 0 amide bonds. The van der Waals surface area contributed by atoms with Gasteiger partial charge in [0.25, 0.3) is 10.0 Å². The molecular weight excluding hydrogens is 349 g/mol. The van der Waals surface area contributed by atoms with Gasteiger partial charge in [-0.3, -0.25) is 4.72 Å². The minimum atomic E-state index is -3.98. The van der Waals surface area contributed by atoms with Gasteiger partial charge in [0, 0.05) is 17.7 Å². The maximum atomic E-state index is 13.6. The van der Waals surface area contributed by atoms with Crippen molar-refractivity contribution in [1.82, 2.24) is 4.98 Å². The first-order valence-corrected chi connectivity index (χ1v) is 7.82. The maximum Gasteiger partial charge on any atom is 0.281 e. The summed E-state index contributed by atoms with van der Waals surface area (Å²) in [7, 11) is -2.40. The van der Waals surface area contributed by atoms with Crippen molar-refractivity contribution in [2.75, 3.05) is 17.1 Å². The van der Waals surface area contributed by atoms with Gasteiger partial charge in [-0.05, 0) is 30.3 Å². The van der Waals surface area contributed by atoms with Gasteiger partial charge in [0.1, 0.15) is 5.82 Å². The van der Waals surface area contributed by atoms with Gasteiger partial charge in [-0.1, -0.05) is 15.9 Å². The van der Waals surface area contributed by atoms with Crippen LogP contribution in [0.3, 0.4) is 0 Å². The summed E-state index contributed by atoms with van der Waals surface area (Å²) in [5.41, 5.74) is 0.183. The number of nitrogens with zero attached hydrogens (tertiary/aromatic N) is 1. The summed E-state index contributed by atoms with van der Waals surface area (Å²) >= 11 is 3.16. The van der Waals surface area contributed by atoms with Gasteiger partial charge in [-0.2, -0.15) is 8.42 Å². The van der Waals surface area contributed by atoms with Gasteiger partial charge in [-0.25, -0.2) is 9.37 Å². The van der Waals surface area contributed by atoms with Crippen LogP contribution < -0.4 is 10.0 Å². The number of pyridine rings is 1. The molecule has 0 saturated carbocycles. The molecule has 0 bridgehead atoms. The fourth-order valence-corrected chi connectivity index (χ4v) is 3.13. The first kappa shape index (κ1) is 14.7. The Hall–Kier alpha value is -1.67. The molecule has 0 fully saturated rings. The van der Waals surface area contributed by atoms with Gasteiger partial charge in [0.05, 0.1) is 11.4 Å². The lowest BCUT2D eigenvalue weighted by Gasteiger charge is -2.11. The van der Waals surface area contributed by atoms with E-state index in [2.05, 4.69) is 31.0 Å². The monoisotopic (exact) mass is 359 g/mol. The Morgan fingerprint density at radius 3 is 2.70 bits per heavy atom. The number of rotatable bonds is 4. The molecule has 0 unspecified atom stereocenters. The van der Waals surface area contributed by atoms with E-state index in [0.717, 1.165) is 0 Å². The highest BCUT2D eigenvalue weighted by atomic mass is 79.9. The topological polar surface area (TPSA) is 71.1 Å². The van der Waals surface area contributed by atoms with E-state index in [0.29, 0.717) is 10.2 Å². The molecule has 0 spiro atoms. The van der Waals surface area contributed by atoms with E-state index in [-0.39, 0.29) is 10.7 Å². The third-order valence-electron chi connectivity index (χ3n) is 2.47. The first-order valence-electron chi connectivity index (χ1n) is 5.54. The van der Waals surface area contributed by atoms with Crippen molar-refractivity contribution < 1.29 is 12.8 Å². The Morgan fingerprint density at radius 1 is 1.25 bits per heavy atom. The van der Waals surface area contributed by atoms with Crippen LogP contribution in [0.15, 0.2) is 46.0 Å². The molecule has 0 radical (unpaired) electrons. The second kappa shape index (κ2) is 5.76. The van der Waals surface area contributed by atoms with Crippen LogP contribution in [0, 0.1) is 5.82 Å². The Balaban J connectivity index is 2.43. The summed E-state index contributed by atoms with van der Waals surface area (Å²) in [5.74, 6) is -0.668. The lowest BCUT2D eigenvalue weighted by Crippen LogP contribution is -2.17. The van der Waals surface area contributed by atoms with Gasteiger partial charge in [-0.15, -0.1) is 0 Å². The Bertz CT molecular complexity index is 737. The Morgan fingerprint density at radius 2 is 2.00 bits per heavy atom. The average molecular weight is 360 g/mol. The molecule has 0 aliphatic heterocycles. The number of benzene rings is 1. The molecular formula is C12H11BrFN3O2S. The Labute approximate surface area is 124 Å². The molecule has 2 rings (SSSR count). The molecule has 0 aliphatic carbocycles. The minimum Gasteiger partial charge on any atom is -0.386 e. The molecule has 8 heteroatoms. The SMILES string of the molecule is CNc1cccnc1S(=O)(=O)Nc1cc(Br)ccc1F. The summed E-state index contributed by atoms with van der Waals surface area (Å²) in [4.78, 5) is 3.82. The van der Waals surface area contributed by atoms with Crippen LogP contribution in [-0.2, 0) is 10.0 Å². The van der Waals surface area contributed by atoms with Crippen LogP contribution in [0.25, 0.3) is 0 Å². The molecule has 20 heavy (non-hydrogen) atoms. The summed E-state index contributed by atoms with van der Waals surface area (Å²) in [5, 5.41) is 2.54. The van der Waals surface area contributed by atoms with Crippen molar-refractivity contribution in [3.05, 3.63) is 46.8 Å². The third kappa shape index (κ3) is 3.07. The van der Waals surface area contributed by atoms with E-state index in [1.165, 1.54) is 24.4 Å². The van der Waals surface area contributed by atoms with E-state index < -0.39 is 15.8 Å². The highest BCUT2D eigenvalue weighted by molar-refractivity contribution is 9.10.